The molecule has 142 valence electrons. The Balaban J connectivity index is 1.64. The number of aromatic nitrogens is 4. The monoisotopic (exact) mass is 375 g/mol. The van der Waals surface area contributed by atoms with E-state index < -0.39 is 6.43 Å². The molecule has 0 N–H and O–H groups in total. The van der Waals surface area contributed by atoms with Crippen molar-refractivity contribution in [2.45, 2.75) is 32.1 Å². The third-order valence-corrected chi connectivity index (χ3v) is 4.98. The van der Waals surface area contributed by atoms with E-state index in [0.29, 0.717) is 30.0 Å². The standard InChI is InChI=1S/C18H19F2N5O2/c1-10-15-13(16(19)20)6-14(22-17(15)27-23-10)11-4-3-5-25(9-11)18(26)12-7-21-24(2)8-12/h6-8,11,16H,3-5,9H2,1-2H3. The lowest BCUT2D eigenvalue weighted by Gasteiger charge is -2.32. The Hall–Kier alpha value is -2.84. The molecule has 27 heavy (non-hydrogen) atoms. The van der Waals surface area contributed by atoms with Crippen LogP contribution < -0.4 is 0 Å². The molecule has 0 bridgehead atoms. The minimum absolute atomic E-state index is 0.113. The molecule has 1 atom stereocenters. The molecule has 0 saturated carbocycles. The van der Waals surface area contributed by atoms with E-state index in [1.165, 1.54) is 12.3 Å². The van der Waals surface area contributed by atoms with Gasteiger partial charge in [-0.1, -0.05) is 5.16 Å². The van der Waals surface area contributed by atoms with E-state index in [9.17, 15) is 13.6 Å². The molecule has 1 fully saturated rings. The second-order valence-electron chi connectivity index (χ2n) is 6.88. The van der Waals surface area contributed by atoms with Crippen molar-refractivity contribution >= 4 is 17.0 Å². The van der Waals surface area contributed by atoms with Gasteiger partial charge in [0.15, 0.2) is 0 Å². The van der Waals surface area contributed by atoms with Crippen LogP contribution in [0.1, 0.15) is 52.5 Å². The van der Waals surface area contributed by atoms with E-state index in [-0.39, 0.29) is 28.5 Å². The molecule has 3 aromatic heterocycles. The zero-order valence-corrected chi connectivity index (χ0v) is 15.0. The first-order chi connectivity index (χ1) is 12.9. The smallest absolute Gasteiger partial charge is 0.264 e. The summed E-state index contributed by atoms with van der Waals surface area (Å²) in [5, 5.41) is 8.07. The predicted molar refractivity (Wildman–Crippen MR) is 92.6 cm³/mol. The molecule has 0 spiro atoms. The molecule has 3 aromatic rings. The van der Waals surface area contributed by atoms with E-state index in [4.69, 9.17) is 4.52 Å². The average Bonchev–Trinajstić information content (AvgIpc) is 3.26. The first-order valence-electron chi connectivity index (χ1n) is 8.77. The number of carbonyl (C=O) groups is 1. The van der Waals surface area contributed by atoms with Gasteiger partial charge in [-0.2, -0.15) is 5.10 Å². The summed E-state index contributed by atoms with van der Waals surface area (Å²) in [5.74, 6) is -0.245. The molecule has 1 unspecified atom stereocenters. The van der Waals surface area contributed by atoms with Crippen molar-refractivity contribution in [2.75, 3.05) is 13.1 Å². The maximum atomic E-state index is 13.6. The van der Waals surface area contributed by atoms with E-state index >= 15 is 0 Å². The quantitative estimate of drug-likeness (QED) is 0.702. The topological polar surface area (TPSA) is 77.1 Å². The van der Waals surface area contributed by atoms with Crippen molar-refractivity contribution in [3.63, 3.8) is 0 Å². The third kappa shape index (κ3) is 3.17. The number of hydrogen-bond donors (Lipinski definition) is 0. The molecule has 7 nitrogen and oxygen atoms in total. The van der Waals surface area contributed by atoms with Crippen LogP contribution in [0.3, 0.4) is 0 Å². The molecule has 1 aliphatic rings. The molecule has 1 saturated heterocycles. The van der Waals surface area contributed by atoms with E-state index in [2.05, 4.69) is 15.2 Å². The van der Waals surface area contributed by atoms with Crippen LogP contribution >= 0.6 is 0 Å². The molecule has 0 aliphatic carbocycles. The van der Waals surface area contributed by atoms with Gasteiger partial charge in [-0.25, -0.2) is 13.8 Å². The van der Waals surface area contributed by atoms with Crippen LogP contribution in [0, 0.1) is 6.92 Å². The fourth-order valence-corrected chi connectivity index (χ4v) is 3.65. The number of likely N-dealkylation sites (tertiary alicyclic amines) is 1. The van der Waals surface area contributed by atoms with Gasteiger partial charge in [-0.15, -0.1) is 0 Å². The predicted octanol–water partition coefficient (Wildman–Crippen LogP) is 3.22. The van der Waals surface area contributed by atoms with Gasteiger partial charge in [0.25, 0.3) is 18.0 Å². The first-order valence-corrected chi connectivity index (χ1v) is 8.77. The largest absolute Gasteiger partial charge is 0.338 e. The van der Waals surface area contributed by atoms with Crippen LogP contribution in [-0.4, -0.2) is 43.8 Å². The molecule has 4 rings (SSSR count). The molecular formula is C18H19F2N5O2. The van der Waals surface area contributed by atoms with Gasteiger partial charge in [0.1, 0.15) is 0 Å². The van der Waals surface area contributed by atoms with Crippen molar-refractivity contribution < 1.29 is 18.1 Å². The molecule has 0 aromatic carbocycles. The lowest BCUT2D eigenvalue weighted by molar-refractivity contribution is 0.0705. The van der Waals surface area contributed by atoms with Gasteiger partial charge < -0.3 is 9.42 Å². The highest BCUT2D eigenvalue weighted by Gasteiger charge is 2.29. The Kier molecular flexibility index (Phi) is 4.37. The number of nitrogens with zero attached hydrogens (tertiary/aromatic N) is 5. The number of aryl methyl sites for hydroxylation is 2. The molecule has 4 heterocycles. The third-order valence-electron chi connectivity index (χ3n) is 4.98. The second-order valence-corrected chi connectivity index (χ2v) is 6.88. The molecule has 0 radical (unpaired) electrons. The Morgan fingerprint density at radius 3 is 2.93 bits per heavy atom. The summed E-state index contributed by atoms with van der Waals surface area (Å²) in [6, 6.07) is 1.43. The number of piperidine rings is 1. The minimum Gasteiger partial charge on any atom is -0.338 e. The zero-order valence-electron chi connectivity index (χ0n) is 15.0. The van der Waals surface area contributed by atoms with Crippen LogP contribution in [0.25, 0.3) is 11.1 Å². The number of alkyl halides is 2. The van der Waals surface area contributed by atoms with E-state index in [0.717, 1.165) is 12.8 Å². The number of hydrogen-bond acceptors (Lipinski definition) is 5. The summed E-state index contributed by atoms with van der Waals surface area (Å²) in [7, 11) is 1.75. The van der Waals surface area contributed by atoms with Crippen molar-refractivity contribution in [2.24, 2.45) is 7.05 Å². The number of carbonyl (C=O) groups excluding carboxylic acids is 1. The molecule has 1 aliphatic heterocycles. The summed E-state index contributed by atoms with van der Waals surface area (Å²) in [5.41, 5.74) is 1.43. The van der Waals surface area contributed by atoms with Crippen molar-refractivity contribution in [1.29, 1.82) is 0 Å². The SMILES string of the molecule is Cc1noc2nc(C3CCCN(C(=O)c4cnn(C)c4)C3)cc(C(F)F)c12. The number of rotatable bonds is 3. The summed E-state index contributed by atoms with van der Waals surface area (Å²) in [4.78, 5) is 18.8. The maximum Gasteiger partial charge on any atom is 0.264 e. The van der Waals surface area contributed by atoms with Gasteiger partial charge in [0.05, 0.1) is 22.8 Å². The summed E-state index contributed by atoms with van der Waals surface area (Å²) in [6.45, 7) is 2.66. The van der Waals surface area contributed by atoms with Gasteiger partial charge in [-0.3, -0.25) is 9.48 Å². The normalized spacial score (nSPS) is 17.8. The second kappa shape index (κ2) is 6.71. The highest BCUT2D eigenvalue weighted by atomic mass is 19.3. The van der Waals surface area contributed by atoms with Gasteiger partial charge in [-0.05, 0) is 25.8 Å². The zero-order chi connectivity index (χ0) is 19.1. The van der Waals surface area contributed by atoms with Crippen LogP contribution in [0.4, 0.5) is 8.78 Å². The molecular weight excluding hydrogens is 356 g/mol. The highest BCUT2D eigenvalue weighted by molar-refractivity contribution is 5.93. The first kappa shape index (κ1) is 17.6. The Morgan fingerprint density at radius 1 is 1.41 bits per heavy atom. The molecule has 9 heteroatoms. The van der Waals surface area contributed by atoms with Gasteiger partial charge in [0.2, 0.25) is 0 Å². The van der Waals surface area contributed by atoms with Crippen molar-refractivity contribution in [3.05, 3.63) is 41.0 Å². The number of fused-ring (bicyclic) bond motifs is 1. The van der Waals surface area contributed by atoms with Gasteiger partial charge >= 0.3 is 0 Å². The van der Waals surface area contributed by atoms with Crippen LogP contribution in [0.5, 0.6) is 0 Å². The number of amides is 1. The lowest BCUT2D eigenvalue weighted by Crippen LogP contribution is -2.39. The van der Waals surface area contributed by atoms with E-state index in [1.807, 2.05) is 0 Å². The summed E-state index contributed by atoms with van der Waals surface area (Å²) in [6.07, 6.45) is 2.09. The highest BCUT2D eigenvalue weighted by Crippen LogP contribution is 2.34. The van der Waals surface area contributed by atoms with Crippen LogP contribution in [-0.2, 0) is 7.05 Å². The fourth-order valence-electron chi connectivity index (χ4n) is 3.65. The van der Waals surface area contributed by atoms with Crippen molar-refractivity contribution in [1.82, 2.24) is 24.8 Å². The van der Waals surface area contributed by atoms with Gasteiger partial charge in [0, 0.05) is 43.5 Å². The Bertz CT molecular complexity index is 997. The minimum atomic E-state index is -2.65. The Labute approximate surface area is 153 Å². The van der Waals surface area contributed by atoms with E-state index in [1.54, 1.807) is 29.7 Å². The average molecular weight is 375 g/mol. The summed E-state index contributed by atoms with van der Waals surface area (Å²) >= 11 is 0. The molecule has 1 amide bonds. The maximum absolute atomic E-state index is 13.6. The van der Waals surface area contributed by atoms with Crippen LogP contribution in [0.2, 0.25) is 0 Å². The fraction of sp³-hybridized carbons (Fsp3) is 0.444. The van der Waals surface area contributed by atoms with Crippen molar-refractivity contribution in [3.8, 4) is 0 Å². The Morgan fingerprint density at radius 2 is 2.22 bits per heavy atom. The lowest BCUT2D eigenvalue weighted by atomic mass is 9.92. The number of pyridine rings is 1. The summed E-state index contributed by atoms with van der Waals surface area (Å²) < 4.78 is 33.8. The number of halogens is 2. The van der Waals surface area contributed by atoms with Crippen LogP contribution in [0.15, 0.2) is 23.0 Å².